The van der Waals surface area contributed by atoms with Gasteiger partial charge in [0, 0.05) is 29.6 Å². The molecule has 1 spiro atoms. The molecule has 0 amide bonds. The third-order valence-electron chi connectivity index (χ3n) is 5.50. The maximum Gasteiger partial charge on any atom is 0.172 e. The number of anilines is 2. The summed E-state index contributed by atoms with van der Waals surface area (Å²) in [6, 6.07) is 6.07. The number of rotatable bonds is 2. The Bertz CT molecular complexity index is 1160. The molecule has 3 aromatic heterocycles. The van der Waals surface area contributed by atoms with Crippen LogP contribution in [0.1, 0.15) is 17.7 Å². The highest BCUT2D eigenvalue weighted by molar-refractivity contribution is 5.94. The van der Waals surface area contributed by atoms with Crippen LogP contribution in [0.4, 0.5) is 11.5 Å². The van der Waals surface area contributed by atoms with Gasteiger partial charge in [-0.2, -0.15) is 5.10 Å². The summed E-state index contributed by atoms with van der Waals surface area (Å²) in [5.74, 6) is 0.292. The fourth-order valence-corrected chi connectivity index (χ4v) is 4.21. The lowest BCUT2D eigenvalue weighted by atomic mass is 9.90. The molecule has 6 rings (SSSR count). The minimum absolute atomic E-state index is 0.495. The topological polar surface area (TPSA) is 101 Å². The summed E-state index contributed by atoms with van der Waals surface area (Å²) in [6.07, 6.45) is 5.85. The van der Waals surface area contributed by atoms with Gasteiger partial charge in [0.05, 0.1) is 30.3 Å². The average molecular weight is 362 g/mol. The van der Waals surface area contributed by atoms with Crippen molar-refractivity contribution in [2.75, 3.05) is 18.5 Å². The number of hydrogen-bond donors (Lipinski definition) is 3. The molecule has 2 aliphatic rings. The van der Waals surface area contributed by atoms with Crippen molar-refractivity contribution in [3.63, 3.8) is 0 Å². The Morgan fingerprint density at radius 1 is 1.15 bits per heavy atom. The number of ether oxygens (including phenoxy) is 2. The Morgan fingerprint density at radius 3 is 3.00 bits per heavy atom. The van der Waals surface area contributed by atoms with Gasteiger partial charge < -0.3 is 19.8 Å². The summed E-state index contributed by atoms with van der Waals surface area (Å²) in [5.41, 5.74) is 5.19. The lowest BCUT2D eigenvalue weighted by Crippen LogP contribution is -2.36. The number of fused-ring (bicyclic) bond motifs is 4. The first-order valence-electron chi connectivity index (χ1n) is 9.12. The van der Waals surface area contributed by atoms with Crippen LogP contribution < -0.4 is 5.32 Å². The minimum Gasteiger partial charge on any atom is -0.347 e. The van der Waals surface area contributed by atoms with Crippen LogP contribution in [-0.2, 0) is 22.3 Å². The van der Waals surface area contributed by atoms with Crippen molar-refractivity contribution in [1.29, 1.82) is 0 Å². The minimum atomic E-state index is -0.495. The monoisotopic (exact) mass is 362 g/mol. The quantitative estimate of drug-likeness (QED) is 0.507. The molecule has 1 fully saturated rings. The zero-order chi connectivity index (χ0) is 17.8. The van der Waals surface area contributed by atoms with Gasteiger partial charge in [-0.05, 0) is 30.2 Å². The van der Waals surface area contributed by atoms with Gasteiger partial charge in [0.25, 0.3) is 0 Å². The van der Waals surface area contributed by atoms with Gasteiger partial charge >= 0.3 is 0 Å². The molecule has 1 saturated heterocycles. The van der Waals surface area contributed by atoms with Gasteiger partial charge in [-0.3, -0.25) is 5.10 Å². The van der Waals surface area contributed by atoms with E-state index < -0.39 is 5.79 Å². The molecule has 0 unspecified atom stereocenters. The fourth-order valence-electron chi connectivity index (χ4n) is 4.21. The fraction of sp³-hybridized carbons (Fsp3) is 0.316. The normalized spacial score (nSPS) is 18.4. The Labute approximate surface area is 154 Å². The van der Waals surface area contributed by atoms with Crippen LogP contribution in [0.15, 0.2) is 30.7 Å². The predicted octanol–water partition coefficient (Wildman–Crippen LogP) is 2.81. The number of H-pyrrole nitrogens is 2. The maximum absolute atomic E-state index is 5.95. The SMILES string of the molecule is c1nc(Nc2ccc3[nH]ncc3c2)c2c3c([nH]c2n1)CCC1(C3)OCCO1. The first kappa shape index (κ1) is 15.1. The van der Waals surface area contributed by atoms with Crippen LogP contribution >= 0.6 is 0 Å². The van der Waals surface area contributed by atoms with E-state index in [-0.39, 0.29) is 0 Å². The van der Waals surface area contributed by atoms with E-state index >= 15 is 0 Å². The molecule has 27 heavy (non-hydrogen) atoms. The van der Waals surface area contributed by atoms with E-state index in [0.717, 1.165) is 46.3 Å². The van der Waals surface area contributed by atoms with Gasteiger partial charge in [-0.25, -0.2) is 9.97 Å². The first-order valence-corrected chi connectivity index (χ1v) is 9.12. The van der Waals surface area contributed by atoms with Gasteiger partial charge in [-0.15, -0.1) is 0 Å². The lowest BCUT2D eigenvalue weighted by molar-refractivity contribution is -0.163. The summed E-state index contributed by atoms with van der Waals surface area (Å²) in [5, 5.41) is 12.6. The summed E-state index contributed by atoms with van der Waals surface area (Å²) < 4.78 is 11.9. The molecule has 0 saturated carbocycles. The van der Waals surface area contributed by atoms with E-state index in [4.69, 9.17) is 9.47 Å². The molecule has 8 heteroatoms. The van der Waals surface area contributed by atoms with Gasteiger partial charge in [0.2, 0.25) is 0 Å². The van der Waals surface area contributed by atoms with Crippen molar-refractivity contribution < 1.29 is 9.47 Å². The van der Waals surface area contributed by atoms with Crippen molar-refractivity contribution in [2.24, 2.45) is 0 Å². The van der Waals surface area contributed by atoms with Gasteiger partial charge in [-0.1, -0.05) is 0 Å². The second-order valence-corrected chi connectivity index (χ2v) is 7.11. The Balaban J connectivity index is 1.44. The van der Waals surface area contributed by atoms with Crippen LogP contribution in [0.3, 0.4) is 0 Å². The molecule has 136 valence electrons. The van der Waals surface area contributed by atoms with Crippen LogP contribution in [0.25, 0.3) is 21.9 Å². The zero-order valence-corrected chi connectivity index (χ0v) is 14.6. The smallest absolute Gasteiger partial charge is 0.172 e. The molecular weight excluding hydrogens is 344 g/mol. The van der Waals surface area contributed by atoms with E-state index in [1.54, 1.807) is 6.33 Å². The van der Waals surface area contributed by atoms with Crippen molar-refractivity contribution in [2.45, 2.75) is 25.0 Å². The second-order valence-electron chi connectivity index (χ2n) is 7.11. The molecule has 4 heterocycles. The van der Waals surface area contributed by atoms with Crippen molar-refractivity contribution >= 4 is 33.4 Å². The van der Waals surface area contributed by atoms with Crippen molar-refractivity contribution in [1.82, 2.24) is 25.1 Å². The number of aromatic nitrogens is 5. The average Bonchev–Trinajstić information content (AvgIpc) is 3.40. The summed E-state index contributed by atoms with van der Waals surface area (Å²) in [6.45, 7) is 1.31. The van der Waals surface area contributed by atoms with Gasteiger partial charge in [0.1, 0.15) is 17.8 Å². The maximum atomic E-state index is 5.95. The van der Waals surface area contributed by atoms with Crippen molar-refractivity contribution in [3.8, 4) is 0 Å². The molecule has 0 bridgehead atoms. The van der Waals surface area contributed by atoms with E-state index in [2.05, 4.69) is 36.5 Å². The van der Waals surface area contributed by atoms with E-state index in [1.165, 1.54) is 11.3 Å². The largest absolute Gasteiger partial charge is 0.347 e. The lowest BCUT2D eigenvalue weighted by Gasteiger charge is -2.31. The third kappa shape index (κ3) is 2.34. The molecular formula is C19H18N6O2. The molecule has 1 aliphatic heterocycles. The Hall–Kier alpha value is -2.97. The number of hydrogen-bond acceptors (Lipinski definition) is 6. The van der Waals surface area contributed by atoms with Crippen LogP contribution in [0, 0.1) is 0 Å². The second kappa shape index (κ2) is 5.51. The van der Waals surface area contributed by atoms with Crippen molar-refractivity contribution in [3.05, 3.63) is 42.0 Å². The molecule has 4 aromatic rings. The summed E-state index contributed by atoms with van der Waals surface area (Å²) in [4.78, 5) is 12.4. The molecule has 3 N–H and O–H groups in total. The zero-order valence-electron chi connectivity index (χ0n) is 14.6. The number of aromatic amines is 2. The number of nitrogens with zero attached hydrogens (tertiary/aromatic N) is 3. The molecule has 8 nitrogen and oxygen atoms in total. The highest BCUT2D eigenvalue weighted by atomic mass is 16.7. The number of benzene rings is 1. The molecule has 0 radical (unpaired) electrons. The summed E-state index contributed by atoms with van der Waals surface area (Å²) in [7, 11) is 0. The standard InChI is InChI=1S/C19H18N6O2/c1-2-14-11(9-22-25-14)7-12(1)23-17-16-13-8-19(26-5-6-27-19)4-3-15(13)24-18(16)21-10-20-17/h1-2,7,9-10H,3-6,8H2,(H,22,25)(H2,20,21,23,24). The number of aryl methyl sites for hydroxylation is 1. The van der Waals surface area contributed by atoms with Gasteiger partial charge in [0.15, 0.2) is 5.79 Å². The Morgan fingerprint density at radius 2 is 2.07 bits per heavy atom. The van der Waals surface area contributed by atoms with Crippen LogP contribution in [0.5, 0.6) is 0 Å². The molecule has 0 atom stereocenters. The van der Waals surface area contributed by atoms with E-state index in [0.29, 0.717) is 19.6 Å². The number of nitrogens with one attached hydrogen (secondary N) is 3. The van der Waals surface area contributed by atoms with E-state index in [1.807, 2.05) is 18.3 Å². The predicted molar refractivity (Wildman–Crippen MR) is 99.9 cm³/mol. The molecule has 1 aromatic carbocycles. The first-order chi connectivity index (χ1) is 13.3. The van der Waals surface area contributed by atoms with Crippen LogP contribution in [-0.4, -0.2) is 44.2 Å². The third-order valence-corrected chi connectivity index (χ3v) is 5.50. The Kier molecular flexibility index (Phi) is 3.09. The van der Waals surface area contributed by atoms with E-state index in [9.17, 15) is 0 Å². The van der Waals surface area contributed by atoms with Crippen LogP contribution in [0.2, 0.25) is 0 Å². The summed E-state index contributed by atoms with van der Waals surface area (Å²) >= 11 is 0. The molecule has 1 aliphatic carbocycles. The highest BCUT2D eigenvalue weighted by Gasteiger charge is 2.41. The highest BCUT2D eigenvalue weighted by Crippen LogP contribution is 2.40.